The number of rotatable bonds is 2. The number of aromatic nitrogens is 1. The van der Waals surface area contributed by atoms with E-state index in [0.29, 0.717) is 0 Å². The fourth-order valence-electron chi connectivity index (χ4n) is 1.01. The Hall–Kier alpha value is -2.23. The van der Waals surface area contributed by atoms with Crippen LogP contribution >= 0.6 is 0 Å². The third-order valence-corrected chi connectivity index (χ3v) is 1.68. The average molecular weight is 213 g/mol. The van der Waals surface area contributed by atoms with Crippen LogP contribution in [0.3, 0.4) is 0 Å². The van der Waals surface area contributed by atoms with Crippen molar-refractivity contribution in [3.8, 4) is 11.8 Å². The minimum Gasteiger partial charge on any atom is -0.504 e. The smallest absolute Gasteiger partial charge is 0.268 e. The lowest BCUT2D eigenvalue weighted by Crippen LogP contribution is -2.15. The fraction of sp³-hybridized carbons (Fsp3) is 0.125. The highest BCUT2D eigenvalue weighted by Gasteiger charge is 2.24. The van der Waals surface area contributed by atoms with Crippen LogP contribution in [0.4, 0.5) is 8.78 Å². The molecule has 0 aliphatic rings. The Morgan fingerprint density at radius 2 is 2.27 bits per heavy atom. The zero-order valence-corrected chi connectivity index (χ0v) is 7.24. The number of nitrogens with zero attached hydrogens (tertiary/aromatic N) is 2. The average Bonchev–Trinajstić information content (AvgIpc) is 2.16. The van der Waals surface area contributed by atoms with Crippen LogP contribution in [-0.4, -0.2) is 16.0 Å². The van der Waals surface area contributed by atoms with Gasteiger partial charge in [0.25, 0.3) is 12.3 Å². The Morgan fingerprint density at radius 1 is 1.67 bits per heavy atom. The summed E-state index contributed by atoms with van der Waals surface area (Å²) in [6.45, 7) is 0. The van der Waals surface area contributed by atoms with Crippen LogP contribution in [0.1, 0.15) is 28.0 Å². The molecule has 0 spiro atoms. The first-order valence-electron chi connectivity index (χ1n) is 3.69. The molecule has 0 saturated heterocycles. The molecular formula is C8H5F2N3O2. The van der Waals surface area contributed by atoms with Crippen molar-refractivity contribution in [2.75, 3.05) is 0 Å². The van der Waals surface area contributed by atoms with Crippen LogP contribution in [0.5, 0.6) is 5.75 Å². The second-order valence-corrected chi connectivity index (χ2v) is 2.56. The predicted molar refractivity (Wildman–Crippen MR) is 44.1 cm³/mol. The number of alkyl halides is 2. The van der Waals surface area contributed by atoms with Gasteiger partial charge >= 0.3 is 0 Å². The normalized spacial score (nSPS) is 10.0. The fourth-order valence-corrected chi connectivity index (χ4v) is 1.01. The zero-order valence-electron chi connectivity index (χ0n) is 7.24. The van der Waals surface area contributed by atoms with E-state index in [4.69, 9.17) is 11.0 Å². The third-order valence-electron chi connectivity index (χ3n) is 1.68. The number of carbonyl (C=O) groups excluding carboxylic acids is 1. The summed E-state index contributed by atoms with van der Waals surface area (Å²) in [7, 11) is 0. The molecule has 78 valence electrons. The maximum absolute atomic E-state index is 12.5. The predicted octanol–water partition coefficient (Wildman–Crippen LogP) is 0.695. The van der Waals surface area contributed by atoms with Gasteiger partial charge in [0.2, 0.25) is 0 Å². The first kappa shape index (κ1) is 10.8. The summed E-state index contributed by atoms with van der Waals surface area (Å²) in [6, 6.07) is 1.41. The van der Waals surface area contributed by atoms with Gasteiger partial charge < -0.3 is 10.8 Å². The first-order valence-corrected chi connectivity index (χ1v) is 3.69. The topological polar surface area (TPSA) is 100 Å². The lowest BCUT2D eigenvalue weighted by molar-refractivity contribution is 0.0983. The second-order valence-electron chi connectivity index (χ2n) is 2.56. The van der Waals surface area contributed by atoms with E-state index >= 15 is 0 Å². The minimum absolute atomic E-state index is 0.574. The second kappa shape index (κ2) is 3.88. The summed E-state index contributed by atoms with van der Waals surface area (Å²) in [5.41, 5.74) is 2.67. The molecule has 0 radical (unpaired) electrons. The highest BCUT2D eigenvalue weighted by molar-refractivity contribution is 5.95. The molecule has 1 heterocycles. The molecule has 1 rings (SSSR count). The van der Waals surface area contributed by atoms with E-state index in [0.717, 1.165) is 6.20 Å². The van der Waals surface area contributed by atoms with E-state index in [1.807, 2.05) is 0 Å². The number of amides is 1. The van der Waals surface area contributed by atoms with Crippen molar-refractivity contribution in [1.82, 2.24) is 4.98 Å². The standard InChI is InChI=1S/C8H5F2N3O2/c9-7(10)5-3(8(12)15)2-13-4(1-11)6(5)14/h2,7,14H,(H2,12,15). The van der Waals surface area contributed by atoms with Gasteiger partial charge in [-0.05, 0) is 0 Å². The van der Waals surface area contributed by atoms with Crippen molar-refractivity contribution < 1.29 is 18.7 Å². The summed E-state index contributed by atoms with van der Waals surface area (Å²) in [4.78, 5) is 14.0. The van der Waals surface area contributed by atoms with Crippen LogP contribution in [0.2, 0.25) is 0 Å². The largest absolute Gasteiger partial charge is 0.504 e. The maximum Gasteiger partial charge on any atom is 0.268 e. The quantitative estimate of drug-likeness (QED) is 0.754. The van der Waals surface area contributed by atoms with Crippen LogP contribution < -0.4 is 5.73 Å². The summed E-state index contributed by atoms with van der Waals surface area (Å²) in [5.74, 6) is -2.15. The molecule has 0 aliphatic heterocycles. The summed E-state index contributed by atoms with van der Waals surface area (Å²) in [5, 5.41) is 17.6. The minimum atomic E-state index is -3.11. The van der Waals surface area contributed by atoms with Gasteiger partial charge in [0.1, 0.15) is 6.07 Å². The molecule has 0 aromatic carbocycles. The lowest BCUT2D eigenvalue weighted by atomic mass is 10.1. The Bertz CT molecular complexity index is 454. The van der Waals surface area contributed by atoms with Crippen LogP contribution in [-0.2, 0) is 0 Å². The van der Waals surface area contributed by atoms with E-state index in [2.05, 4.69) is 4.98 Å². The van der Waals surface area contributed by atoms with Crippen molar-refractivity contribution in [3.05, 3.63) is 23.0 Å². The lowest BCUT2D eigenvalue weighted by Gasteiger charge is -2.07. The van der Waals surface area contributed by atoms with E-state index < -0.39 is 34.9 Å². The Labute approximate surface area is 82.8 Å². The molecule has 7 heteroatoms. The number of hydrogen-bond donors (Lipinski definition) is 2. The number of nitriles is 1. The van der Waals surface area contributed by atoms with Crippen molar-refractivity contribution in [1.29, 1.82) is 5.26 Å². The van der Waals surface area contributed by atoms with Gasteiger partial charge in [-0.3, -0.25) is 4.79 Å². The van der Waals surface area contributed by atoms with Crippen molar-refractivity contribution >= 4 is 5.91 Å². The van der Waals surface area contributed by atoms with Gasteiger partial charge in [-0.2, -0.15) is 5.26 Å². The number of hydrogen-bond acceptors (Lipinski definition) is 4. The molecule has 1 aromatic heterocycles. The number of nitrogens with two attached hydrogens (primary N) is 1. The molecule has 5 nitrogen and oxygen atoms in total. The molecule has 1 aromatic rings. The Kier molecular flexibility index (Phi) is 2.80. The molecule has 15 heavy (non-hydrogen) atoms. The molecule has 0 saturated carbocycles. The highest BCUT2D eigenvalue weighted by Crippen LogP contribution is 2.32. The molecule has 0 atom stereocenters. The number of aromatic hydroxyl groups is 1. The molecule has 0 bridgehead atoms. The van der Waals surface area contributed by atoms with E-state index in [1.165, 1.54) is 6.07 Å². The third kappa shape index (κ3) is 1.83. The van der Waals surface area contributed by atoms with Gasteiger partial charge in [0.05, 0.1) is 11.1 Å². The molecule has 1 amide bonds. The maximum atomic E-state index is 12.5. The summed E-state index contributed by atoms with van der Waals surface area (Å²) >= 11 is 0. The summed E-state index contributed by atoms with van der Waals surface area (Å²) < 4.78 is 24.9. The Morgan fingerprint density at radius 3 is 2.67 bits per heavy atom. The monoisotopic (exact) mass is 213 g/mol. The highest BCUT2D eigenvalue weighted by atomic mass is 19.3. The number of carbonyl (C=O) groups is 1. The van der Waals surface area contributed by atoms with Crippen LogP contribution in [0.25, 0.3) is 0 Å². The Balaban J connectivity index is 3.53. The van der Waals surface area contributed by atoms with E-state index in [1.54, 1.807) is 0 Å². The van der Waals surface area contributed by atoms with E-state index in [-0.39, 0.29) is 0 Å². The summed E-state index contributed by atoms with van der Waals surface area (Å²) in [6.07, 6.45) is -2.37. The van der Waals surface area contributed by atoms with Crippen molar-refractivity contribution in [2.45, 2.75) is 6.43 Å². The zero-order chi connectivity index (χ0) is 11.6. The molecule has 0 unspecified atom stereocenters. The van der Waals surface area contributed by atoms with Crippen molar-refractivity contribution in [2.24, 2.45) is 5.73 Å². The first-order chi connectivity index (χ1) is 6.99. The van der Waals surface area contributed by atoms with Crippen molar-refractivity contribution in [3.63, 3.8) is 0 Å². The molecule has 3 N–H and O–H groups in total. The molecular weight excluding hydrogens is 208 g/mol. The van der Waals surface area contributed by atoms with Gasteiger partial charge in [-0.15, -0.1) is 0 Å². The SMILES string of the molecule is N#Cc1ncc(C(N)=O)c(C(F)F)c1O. The van der Waals surface area contributed by atoms with E-state index in [9.17, 15) is 18.7 Å². The van der Waals surface area contributed by atoms with Gasteiger partial charge in [0, 0.05) is 6.20 Å². The number of pyridine rings is 1. The molecule has 0 aliphatic carbocycles. The van der Waals surface area contributed by atoms with Crippen LogP contribution in [0, 0.1) is 11.3 Å². The number of halogens is 2. The number of primary amides is 1. The molecule has 0 fully saturated rings. The van der Waals surface area contributed by atoms with Gasteiger partial charge in [0.15, 0.2) is 11.4 Å². The van der Waals surface area contributed by atoms with Gasteiger partial charge in [-0.1, -0.05) is 0 Å². The van der Waals surface area contributed by atoms with Crippen LogP contribution in [0.15, 0.2) is 6.20 Å². The van der Waals surface area contributed by atoms with Gasteiger partial charge in [-0.25, -0.2) is 13.8 Å².